The molecule has 2 rings (SSSR count). The molecule has 0 atom stereocenters. The van der Waals surface area contributed by atoms with Crippen LogP contribution in [0, 0.1) is 34.9 Å². The van der Waals surface area contributed by atoms with Crippen molar-refractivity contribution in [3.63, 3.8) is 0 Å². The molecule has 2 nitrogen and oxygen atoms in total. The maximum atomic E-state index is 14.9. The minimum Gasteiger partial charge on any atom is -0.396 e. The number of nitrogen functional groups attached to an aromatic ring is 2. The summed E-state index contributed by atoms with van der Waals surface area (Å²) < 4.78 is 81.2. The lowest BCUT2D eigenvalue weighted by atomic mass is 9.96. The molecule has 0 amide bonds. The van der Waals surface area contributed by atoms with Crippen LogP contribution >= 0.6 is 69.6 Å². The fourth-order valence-corrected chi connectivity index (χ4v) is 3.46. The molecule has 0 radical (unpaired) electrons. The zero-order valence-electron chi connectivity index (χ0n) is 12.7. The average molecular weight is 527 g/mol. The zero-order valence-corrected chi connectivity index (χ0v) is 17.2. The first-order valence-electron chi connectivity index (χ1n) is 6.60. The average Bonchev–Trinajstić information content (AvgIpc) is 2.51. The van der Waals surface area contributed by atoms with Crippen molar-refractivity contribution in [2.24, 2.45) is 0 Å². The van der Waals surface area contributed by atoms with Gasteiger partial charge in [0.1, 0.15) is 11.6 Å². The van der Waals surface area contributed by atoms with Crippen LogP contribution in [-0.4, -0.2) is 0 Å². The minimum atomic E-state index is -2.80. The molecule has 0 unspecified atom stereocenters. The van der Waals surface area contributed by atoms with Gasteiger partial charge in [-0.2, -0.15) is 0 Å². The van der Waals surface area contributed by atoms with E-state index < -0.39 is 76.1 Å². The molecule has 0 aromatic heterocycles. The van der Waals surface area contributed by atoms with Crippen molar-refractivity contribution in [3.8, 4) is 11.1 Å². The molecule has 4 N–H and O–H groups in total. The van der Waals surface area contributed by atoms with Gasteiger partial charge in [0, 0.05) is 0 Å². The number of anilines is 2. The fraction of sp³-hybridized carbons (Fsp3) is 0.143. The molecule has 28 heavy (non-hydrogen) atoms. The lowest BCUT2D eigenvalue weighted by Crippen LogP contribution is -2.17. The monoisotopic (exact) mass is 524 g/mol. The number of halogens is 12. The fourth-order valence-electron chi connectivity index (χ4n) is 2.35. The van der Waals surface area contributed by atoms with E-state index in [1.807, 2.05) is 0 Å². The molecule has 0 heterocycles. The van der Waals surface area contributed by atoms with Gasteiger partial charge in [-0.15, -0.1) is 0 Å². The molecule has 0 spiro atoms. The molecule has 154 valence electrons. The summed E-state index contributed by atoms with van der Waals surface area (Å²) in [4.78, 5) is 0. The van der Waals surface area contributed by atoms with Crippen molar-refractivity contribution < 1.29 is 26.3 Å². The standard InChI is InChI=1S/C14H4Cl6F6N2/c15-13(16,17)3-5(21)1(7(23)9(25)11(3)27)2-6(22)4(14(18,19)20)12(28)10(26)8(2)24/h27-28H2. The Morgan fingerprint density at radius 1 is 0.464 bits per heavy atom. The van der Waals surface area contributed by atoms with Crippen LogP contribution in [0.5, 0.6) is 0 Å². The Balaban J connectivity index is 3.15. The van der Waals surface area contributed by atoms with Gasteiger partial charge in [0.15, 0.2) is 23.3 Å². The maximum absolute atomic E-state index is 14.9. The molecular formula is C14H4Cl6F6N2. The van der Waals surface area contributed by atoms with Crippen LogP contribution in [0.15, 0.2) is 0 Å². The first-order chi connectivity index (χ1) is 12.5. The van der Waals surface area contributed by atoms with E-state index in [-0.39, 0.29) is 0 Å². The van der Waals surface area contributed by atoms with E-state index in [2.05, 4.69) is 0 Å². The van der Waals surface area contributed by atoms with Crippen LogP contribution in [-0.2, 0) is 7.59 Å². The third-order valence-corrected chi connectivity index (χ3v) is 4.66. The summed E-state index contributed by atoms with van der Waals surface area (Å²) in [6.45, 7) is 0. The summed E-state index contributed by atoms with van der Waals surface area (Å²) >= 11 is 32.8. The lowest BCUT2D eigenvalue weighted by molar-refractivity contribution is 0.482. The van der Waals surface area contributed by atoms with Crippen molar-refractivity contribution in [3.05, 3.63) is 46.0 Å². The zero-order chi connectivity index (χ0) is 21.9. The number of nitrogens with two attached hydrogens (primary N) is 2. The van der Waals surface area contributed by atoms with E-state index in [9.17, 15) is 26.3 Å². The van der Waals surface area contributed by atoms with Gasteiger partial charge >= 0.3 is 0 Å². The summed E-state index contributed by atoms with van der Waals surface area (Å²) in [7, 11) is 0. The van der Waals surface area contributed by atoms with Crippen LogP contribution in [0.3, 0.4) is 0 Å². The van der Waals surface area contributed by atoms with Gasteiger partial charge in [-0.25, -0.2) is 26.3 Å². The van der Waals surface area contributed by atoms with Crippen molar-refractivity contribution in [1.82, 2.24) is 0 Å². The largest absolute Gasteiger partial charge is 0.396 e. The van der Waals surface area contributed by atoms with E-state index in [0.29, 0.717) is 0 Å². The van der Waals surface area contributed by atoms with Gasteiger partial charge in [-0.3, -0.25) is 0 Å². The SMILES string of the molecule is Nc1c(F)c(F)c(-c2c(F)c(F)c(N)c(C(Cl)(Cl)Cl)c2F)c(F)c1C(Cl)(Cl)Cl. The van der Waals surface area contributed by atoms with Crippen molar-refractivity contribution in [2.75, 3.05) is 11.5 Å². The molecule has 0 aliphatic heterocycles. The van der Waals surface area contributed by atoms with Crippen molar-refractivity contribution in [1.29, 1.82) is 0 Å². The molecule has 0 aliphatic rings. The summed E-state index contributed by atoms with van der Waals surface area (Å²) in [5, 5.41) is 0. The smallest absolute Gasteiger partial charge is 0.220 e. The summed E-state index contributed by atoms with van der Waals surface area (Å²) in [5.41, 5.74) is 1.65. The quantitative estimate of drug-likeness (QED) is 0.182. The third kappa shape index (κ3) is 3.75. The summed E-state index contributed by atoms with van der Waals surface area (Å²) in [6.07, 6.45) is 0. The Bertz CT molecular complexity index is 907. The van der Waals surface area contributed by atoms with Crippen LogP contribution < -0.4 is 11.5 Å². The number of hydrogen-bond donors (Lipinski definition) is 2. The number of hydrogen-bond acceptors (Lipinski definition) is 2. The van der Waals surface area contributed by atoms with Gasteiger partial charge < -0.3 is 11.5 Å². The highest BCUT2D eigenvalue weighted by atomic mass is 35.6. The second-order valence-electron chi connectivity index (χ2n) is 5.21. The molecule has 14 heteroatoms. The Morgan fingerprint density at radius 2 is 0.714 bits per heavy atom. The first kappa shape index (κ1) is 23.6. The van der Waals surface area contributed by atoms with Crippen LogP contribution in [0.2, 0.25) is 0 Å². The third-order valence-electron chi connectivity index (χ3n) is 3.53. The molecule has 0 fully saturated rings. The highest BCUT2D eigenvalue weighted by Crippen LogP contribution is 2.50. The second kappa shape index (κ2) is 7.56. The maximum Gasteiger partial charge on any atom is 0.220 e. The van der Waals surface area contributed by atoms with Crippen molar-refractivity contribution >= 4 is 81.0 Å². The predicted octanol–water partition coefficient (Wildman–Crippen LogP) is 7.01. The topological polar surface area (TPSA) is 52.0 Å². The van der Waals surface area contributed by atoms with Crippen LogP contribution in [0.1, 0.15) is 11.1 Å². The Morgan fingerprint density at radius 3 is 0.929 bits per heavy atom. The predicted molar refractivity (Wildman–Crippen MR) is 98.9 cm³/mol. The van der Waals surface area contributed by atoms with E-state index in [1.165, 1.54) is 0 Å². The molecule has 0 bridgehead atoms. The van der Waals surface area contributed by atoms with Crippen molar-refractivity contribution in [2.45, 2.75) is 7.59 Å². The minimum absolute atomic E-state index is 1.28. The van der Waals surface area contributed by atoms with Gasteiger partial charge in [0.25, 0.3) is 0 Å². The number of rotatable bonds is 1. The van der Waals surface area contributed by atoms with E-state index in [1.54, 1.807) is 0 Å². The molecule has 2 aromatic carbocycles. The first-order valence-corrected chi connectivity index (χ1v) is 8.86. The van der Waals surface area contributed by atoms with Gasteiger partial charge in [-0.1, -0.05) is 69.6 Å². The Labute approximate surface area is 183 Å². The highest BCUT2D eigenvalue weighted by Gasteiger charge is 2.41. The lowest BCUT2D eigenvalue weighted by Gasteiger charge is -2.22. The molecular weight excluding hydrogens is 523 g/mol. The van der Waals surface area contributed by atoms with E-state index in [4.69, 9.17) is 81.1 Å². The molecule has 0 aliphatic carbocycles. The van der Waals surface area contributed by atoms with E-state index >= 15 is 0 Å². The number of benzene rings is 2. The highest BCUT2D eigenvalue weighted by molar-refractivity contribution is 6.67. The van der Waals surface area contributed by atoms with Gasteiger partial charge in [-0.05, 0) is 0 Å². The molecule has 0 saturated carbocycles. The van der Waals surface area contributed by atoms with E-state index in [0.717, 1.165) is 0 Å². The normalized spacial score (nSPS) is 12.6. The second-order valence-corrected chi connectivity index (χ2v) is 9.77. The van der Waals surface area contributed by atoms with Crippen LogP contribution in [0.25, 0.3) is 11.1 Å². The Hall–Kier alpha value is -0.640. The summed E-state index contributed by atoms with van der Waals surface area (Å²) in [6, 6.07) is 0. The Kier molecular flexibility index (Phi) is 6.38. The van der Waals surface area contributed by atoms with Gasteiger partial charge in [0.05, 0.1) is 33.6 Å². The van der Waals surface area contributed by atoms with Crippen LogP contribution in [0.4, 0.5) is 37.7 Å². The number of alkyl halides is 6. The summed E-state index contributed by atoms with van der Waals surface area (Å²) in [5.74, 6) is -12.5. The molecule has 0 saturated heterocycles. The van der Waals surface area contributed by atoms with Gasteiger partial charge in [0.2, 0.25) is 7.59 Å². The molecule has 2 aromatic rings.